The predicted molar refractivity (Wildman–Crippen MR) is 124 cm³/mol. The summed E-state index contributed by atoms with van der Waals surface area (Å²) < 4.78 is 35.6. The second kappa shape index (κ2) is 11.0. The summed E-state index contributed by atoms with van der Waals surface area (Å²) in [6, 6.07) is 7.28. The van der Waals surface area contributed by atoms with Gasteiger partial charge in [-0.1, -0.05) is 11.6 Å². The second-order valence-corrected chi connectivity index (χ2v) is 10.0. The van der Waals surface area contributed by atoms with Gasteiger partial charge in [-0.25, -0.2) is 14.4 Å². The minimum Gasteiger partial charge on any atom is -0.469 e. The summed E-state index contributed by atoms with van der Waals surface area (Å²) in [5.74, 6) is -0.422. The number of esters is 1. The fourth-order valence-corrected chi connectivity index (χ4v) is 4.75. The van der Waals surface area contributed by atoms with Gasteiger partial charge < -0.3 is 29.9 Å². The van der Waals surface area contributed by atoms with Crippen molar-refractivity contribution in [2.24, 2.45) is 0 Å². The van der Waals surface area contributed by atoms with E-state index in [2.05, 4.69) is 14.8 Å². The van der Waals surface area contributed by atoms with E-state index in [-0.39, 0.29) is 24.5 Å². The predicted octanol–water partition coefficient (Wildman–Crippen LogP) is 0.845. The highest BCUT2D eigenvalue weighted by molar-refractivity contribution is 7.52. The number of carbonyl (C=O) groups excluding carboxylic acids is 1. The molecular formula is C20H26ClN4O9P. The first-order valence-corrected chi connectivity index (χ1v) is 12.3. The van der Waals surface area contributed by atoms with Crippen LogP contribution in [-0.2, 0) is 23.4 Å². The van der Waals surface area contributed by atoms with Crippen molar-refractivity contribution in [1.29, 1.82) is 0 Å². The zero-order valence-electron chi connectivity index (χ0n) is 18.9. The third-order valence-corrected chi connectivity index (χ3v) is 6.97. The number of rotatable bonds is 10. The molecule has 192 valence electrons. The van der Waals surface area contributed by atoms with Crippen molar-refractivity contribution in [2.45, 2.75) is 37.4 Å². The van der Waals surface area contributed by atoms with E-state index in [9.17, 15) is 24.4 Å². The number of nitrogens with two attached hydrogens (primary N) is 1. The maximum Gasteiger partial charge on any atom is 0.458 e. The standard InChI is InChI=1S/C20H26ClN4O9P/c1-20(29)17(27)14(33-18(20)25-10-8-15(22)24-19(25)28)11-32-35(30,23-9-7-16(26)31-2)34-13-5-3-12(21)4-6-13/h3-6,8,10,14,17-18,27,29H,7,9,11H2,1-2H3,(H,23,30)(H2,22,24,28)/t14-,17-,18-,20-,35?/m1/s1. The first kappa shape index (κ1) is 27.1. The summed E-state index contributed by atoms with van der Waals surface area (Å²) in [7, 11) is -2.91. The number of benzene rings is 1. The summed E-state index contributed by atoms with van der Waals surface area (Å²) in [6.07, 6.45) is -2.96. The molecule has 0 saturated carbocycles. The van der Waals surface area contributed by atoms with Crippen LogP contribution in [0.5, 0.6) is 5.75 Å². The van der Waals surface area contributed by atoms with Crippen molar-refractivity contribution in [3.8, 4) is 5.75 Å². The molecule has 35 heavy (non-hydrogen) atoms. The Morgan fingerprint density at radius 1 is 1.37 bits per heavy atom. The van der Waals surface area contributed by atoms with E-state index in [1.807, 2.05) is 0 Å². The maximum atomic E-state index is 13.4. The molecule has 2 aromatic rings. The van der Waals surface area contributed by atoms with E-state index in [1.165, 1.54) is 50.6 Å². The van der Waals surface area contributed by atoms with E-state index >= 15 is 0 Å². The number of nitrogen functional groups attached to an aromatic ring is 1. The maximum absolute atomic E-state index is 13.4. The third-order valence-electron chi connectivity index (χ3n) is 5.17. The van der Waals surface area contributed by atoms with Gasteiger partial charge in [0.1, 0.15) is 29.4 Å². The third kappa shape index (κ3) is 6.58. The minimum atomic E-state index is -4.12. The highest BCUT2D eigenvalue weighted by Gasteiger charge is 2.54. The molecule has 1 unspecified atom stereocenters. The molecule has 1 aromatic carbocycles. The van der Waals surface area contributed by atoms with Gasteiger partial charge in [-0.3, -0.25) is 13.9 Å². The van der Waals surface area contributed by atoms with Crippen LogP contribution in [0.2, 0.25) is 5.02 Å². The molecule has 0 radical (unpaired) electrons. The van der Waals surface area contributed by atoms with Crippen molar-refractivity contribution in [3.05, 3.63) is 52.0 Å². The van der Waals surface area contributed by atoms with E-state index in [4.69, 9.17) is 31.1 Å². The summed E-state index contributed by atoms with van der Waals surface area (Å²) >= 11 is 5.86. The Morgan fingerprint density at radius 3 is 2.69 bits per heavy atom. The molecule has 1 aliphatic heterocycles. The number of carbonyl (C=O) groups is 1. The number of aromatic nitrogens is 2. The van der Waals surface area contributed by atoms with Crippen LogP contribution in [0.15, 0.2) is 41.3 Å². The van der Waals surface area contributed by atoms with Crippen molar-refractivity contribution in [2.75, 3.05) is 26.0 Å². The van der Waals surface area contributed by atoms with Gasteiger partial charge in [0, 0.05) is 17.8 Å². The minimum absolute atomic E-state index is 0.0253. The number of aliphatic hydroxyl groups excluding tert-OH is 1. The molecule has 2 heterocycles. The van der Waals surface area contributed by atoms with Gasteiger partial charge >= 0.3 is 19.4 Å². The van der Waals surface area contributed by atoms with Gasteiger partial charge in [-0.15, -0.1) is 0 Å². The van der Waals surface area contributed by atoms with Crippen LogP contribution in [-0.4, -0.2) is 63.8 Å². The molecular weight excluding hydrogens is 507 g/mol. The molecule has 3 rings (SSSR count). The van der Waals surface area contributed by atoms with Crippen LogP contribution in [0.3, 0.4) is 0 Å². The first-order valence-electron chi connectivity index (χ1n) is 10.4. The van der Waals surface area contributed by atoms with Crippen LogP contribution in [0.25, 0.3) is 0 Å². The Morgan fingerprint density at radius 2 is 2.06 bits per heavy atom. The summed E-state index contributed by atoms with van der Waals surface area (Å²) in [5, 5.41) is 24.4. The Labute approximate surface area is 205 Å². The van der Waals surface area contributed by atoms with E-state index < -0.39 is 50.0 Å². The topological polar surface area (TPSA) is 184 Å². The van der Waals surface area contributed by atoms with E-state index in [0.717, 1.165) is 4.57 Å². The lowest BCUT2D eigenvalue weighted by Gasteiger charge is -2.27. The Hall–Kier alpha value is -2.51. The highest BCUT2D eigenvalue weighted by atomic mass is 35.5. The van der Waals surface area contributed by atoms with Crippen LogP contribution >= 0.6 is 19.3 Å². The number of nitrogens with zero attached hydrogens (tertiary/aromatic N) is 2. The molecule has 1 aromatic heterocycles. The SMILES string of the molecule is COC(=O)CCNP(=O)(OC[C@H]1O[C@@H](n2ccc(N)nc2=O)[C@](C)(O)[C@@H]1O)Oc1ccc(Cl)cc1. The zero-order chi connectivity index (χ0) is 25.8. The van der Waals surface area contributed by atoms with Crippen molar-refractivity contribution in [3.63, 3.8) is 0 Å². The number of hydrogen-bond acceptors (Lipinski definition) is 11. The lowest BCUT2D eigenvalue weighted by molar-refractivity contribution is -0.140. The normalized spacial score (nSPS) is 25.7. The van der Waals surface area contributed by atoms with Crippen LogP contribution in [0.1, 0.15) is 19.6 Å². The van der Waals surface area contributed by atoms with Gasteiger partial charge in [0.05, 0.1) is 20.1 Å². The quantitative estimate of drug-likeness (QED) is 0.250. The Bertz CT molecular complexity index is 1140. The molecule has 0 aliphatic carbocycles. The summed E-state index contributed by atoms with van der Waals surface area (Å²) in [6.45, 7) is 0.642. The lowest BCUT2D eigenvalue weighted by atomic mass is 9.96. The van der Waals surface area contributed by atoms with E-state index in [0.29, 0.717) is 5.02 Å². The Kier molecular flexibility index (Phi) is 8.54. The number of hydrogen-bond donors (Lipinski definition) is 4. The molecule has 1 fully saturated rings. The van der Waals surface area contributed by atoms with Gasteiger partial charge in [-0.05, 0) is 37.3 Å². The number of ether oxygens (including phenoxy) is 2. The fraction of sp³-hybridized carbons (Fsp3) is 0.450. The average Bonchev–Trinajstić information content (AvgIpc) is 3.02. The number of anilines is 1. The zero-order valence-corrected chi connectivity index (χ0v) is 20.5. The highest BCUT2D eigenvalue weighted by Crippen LogP contribution is 2.46. The molecule has 5 atom stereocenters. The van der Waals surface area contributed by atoms with Crippen molar-refractivity contribution < 1.29 is 38.1 Å². The van der Waals surface area contributed by atoms with Gasteiger partial charge in [0.15, 0.2) is 6.23 Å². The number of nitrogens with one attached hydrogen (secondary N) is 1. The first-order chi connectivity index (χ1) is 16.4. The molecule has 0 spiro atoms. The Balaban J connectivity index is 1.75. The number of methoxy groups -OCH3 is 1. The van der Waals surface area contributed by atoms with E-state index in [1.54, 1.807) is 0 Å². The van der Waals surface area contributed by atoms with Gasteiger partial charge in [-0.2, -0.15) is 4.98 Å². The van der Waals surface area contributed by atoms with Gasteiger partial charge in [0.2, 0.25) is 0 Å². The monoisotopic (exact) mass is 532 g/mol. The molecule has 0 bridgehead atoms. The summed E-state index contributed by atoms with van der Waals surface area (Å²) in [5.41, 5.74) is 2.76. The summed E-state index contributed by atoms with van der Waals surface area (Å²) in [4.78, 5) is 27.2. The van der Waals surface area contributed by atoms with Crippen molar-refractivity contribution >= 4 is 31.1 Å². The molecule has 0 amide bonds. The largest absolute Gasteiger partial charge is 0.469 e. The van der Waals surface area contributed by atoms with Crippen LogP contribution in [0, 0.1) is 0 Å². The molecule has 1 aliphatic rings. The smallest absolute Gasteiger partial charge is 0.458 e. The molecule has 1 saturated heterocycles. The fourth-order valence-electron chi connectivity index (χ4n) is 3.29. The van der Waals surface area contributed by atoms with Crippen LogP contribution < -0.4 is 21.0 Å². The van der Waals surface area contributed by atoms with Crippen molar-refractivity contribution in [1.82, 2.24) is 14.6 Å². The molecule has 5 N–H and O–H groups in total. The van der Waals surface area contributed by atoms with Gasteiger partial charge in [0.25, 0.3) is 0 Å². The lowest BCUT2D eigenvalue weighted by Crippen LogP contribution is -2.46. The number of aliphatic hydroxyl groups is 2. The average molecular weight is 533 g/mol. The van der Waals surface area contributed by atoms with Crippen LogP contribution in [0.4, 0.5) is 5.82 Å². The second-order valence-electron chi connectivity index (χ2n) is 7.81. The molecule has 13 nitrogen and oxygen atoms in total. The number of halogens is 1. The molecule has 15 heteroatoms.